The summed E-state index contributed by atoms with van der Waals surface area (Å²) in [7, 11) is 1.76. The van der Waals surface area contributed by atoms with Crippen LogP contribution >= 0.6 is 22.9 Å². The van der Waals surface area contributed by atoms with E-state index in [-0.39, 0.29) is 5.91 Å². The van der Waals surface area contributed by atoms with Gasteiger partial charge in [-0.25, -0.2) is 0 Å². The molecule has 0 unspecified atom stereocenters. The topological polar surface area (TPSA) is 29.5 Å². The molecule has 0 radical (unpaired) electrons. The van der Waals surface area contributed by atoms with Crippen molar-refractivity contribution in [3.63, 3.8) is 0 Å². The van der Waals surface area contributed by atoms with Crippen LogP contribution in [0.1, 0.15) is 9.75 Å². The number of likely N-dealkylation sites (N-methyl/N-ethyl adjacent to an activating group) is 1. The Kier molecular flexibility index (Phi) is 6.04. The largest absolute Gasteiger partial charge is 0.492 e. The maximum absolute atomic E-state index is 12.0. The van der Waals surface area contributed by atoms with Crippen molar-refractivity contribution in [2.75, 3.05) is 20.2 Å². The van der Waals surface area contributed by atoms with E-state index in [0.29, 0.717) is 23.9 Å². The molecule has 0 bridgehead atoms. The first kappa shape index (κ1) is 16.6. The van der Waals surface area contributed by atoms with Crippen molar-refractivity contribution >= 4 is 34.9 Å². The van der Waals surface area contributed by atoms with E-state index in [4.69, 9.17) is 16.3 Å². The number of aryl methyl sites for hydroxylation is 1. The molecule has 0 atom stereocenters. The Balaban J connectivity index is 1.78. The lowest BCUT2D eigenvalue weighted by Gasteiger charge is -2.15. The fraction of sp³-hybridized carbons (Fsp3) is 0.235. The second-order valence-electron chi connectivity index (χ2n) is 4.85. The molecule has 0 saturated heterocycles. The number of thiophene rings is 1. The van der Waals surface area contributed by atoms with Crippen molar-refractivity contribution in [1.82, 2.24) is 4.90 Å². The first-order chi connectivity index (χ1) is 10.5. The van der Waals surface area contributed by atoms with Crippen LogP contribution in [0.4, 0.5) is 0 Å². The summed E-state index contributed by atoms with van der Waals surface area (Å²) in [6.45, 7) is 2.98. The van der Waals surface area contributed by atoms with E-state index in [1.54, 1.807) is 41.5 Å². The minimum absolute atomic E-state index is 0.0410. The summed E-state index contributed by atoms with van der Waals surface area (Å²) in [6, 6.07) is 11.3. The number of carbonyl (C=O) groups is 1. The Hall–Kier alpha value is -1.78. The molecule has 1 amide bonds. The standard InChI is InChI=1S/C17H18ClNO2S/c1-13-6-7-16(22-13)8-9-17(20)19(2)10-11-21-15-5-3-4-14(18)12-15/h3-9,12H,10-11H2,1-2H3/b9-8+. The quantitative estimate of drug-likeness (QED) is 0.738. The highest BCUT2D eigenvalue weighted by Gasteiger charge is 2.05. The molecule has 0 N–H and O–H groups in total. The molecular weight excluding hydrogens is 318 g/mol. The second-order valence-corrected chi connectivity index (χ2v) is 6.60. The molecule has 2 aromatic rings. The van der Waals surface area contributed by atoms with Crippen LogP contribution in [0.5, 0.6) is 5.75 Å². The molecule has 1 heterocycles. The van der Waals surface area contributed by atoms with Crippen LogP contribution < -0.4 is 4.74 Å². The second kappa shape index (κ2) is 8.01. The Bertz CT molecular complexity index is 666. The molecule has 0 aliphatic rings. The van der Waals surface area contributed by atoms with Crippen molar-refractivity contribution < 1.29 is 9.53 Å². The monoisotopic (exact) mass is 335 g/mol. The summed E-state index contributed by atoms with van der Waals surface area (Å²) in [5.74, 6) is 0.665. The number of rotatable bonds is 6. The molecule has 0 spiro atoms. The number of carbonyl (C=O) groups excluding carboxylic acids is 1. The van der Waals surface area contributed by atoms with Crippen molar-refractivity contribution in [2.24, 2.45) is 0 Å². The predicted molar refractivity (Wildman–Crippen MR) is 92.7 cm³/mol. The molecule has 116 valence electrons. The normalized spacial score (nSPS) is 10.9. The molecule has 22 heavy (non-hydrogen) atoms. The van der Waals surface area contributed by atoms with Gasteiger partial charge in [0.25, 0.3) is 0 Å². The molecular formula is C17H18ClNO2S. The van der Waals surface area contributed by atoms with Gasteiger partial charge in [-0.3, -0.25) is 4.79 Å². The summed E-state index contributed by atoms with van der Waals surface area (Å²) in [5.41, 5.74) is 0. The van der Waals surface area contributed by atoms with E-state index in [1.165, 1.54) is 4.88 Å². The lowest BCUT2D eigenvalue weighted by Crippen LogP contribution is -2.29. The van der Waals surface area contributed by atoms with E-state index in [0.717, 1.165) is 4.88 Å². The molecule has 2 rings (SSSR count). The number of hydrogen-bond acceptors (Lipinski definition) is 3. The number of halogens is 1. The molecule has 5 heteroatoms. The summed E-state index contributed by atoms with van der Waals surface area (Å²) in [5, 5.41) is 0.635. The molecule has 1 aromatic heterocycles. The van der Waals surface area contributed by atoms with E-state index in [2.05, 4.69) is 0 Å². The highest BCUT2D eigenvalue weighted by molar-refractivity contribution is 7.12. The lowest BCUT2D eigenvalue weighted by atomic mass is 10.3. The summed E-state index contributed by atoms with van der Waals surface area (Å²) in [6.07, 6.45) is 3.43. The highest BCUT2D eigenvalue weighted by atomic mass is 35.5. The maximum atomic E-state index is 12.0. The first-order valence-electron chi connectivity index (χ1n) is 6.92. The van der Waals surface area contributed by atoms with Gasteiger partial charge in [0.05, 0.1) is 6.54 Å². The summed E-state index contributed by atoms with van der Waals surface area (Å²) >= 11 is 7.55. The van der Waals surface area contributed by atoms with Crippen molar-refractivity contribution in [3.8, 4) is 5.75 Å². The first-order valence-corrected chi connectivity index (χ1v) is 8.12. The molecule has 3 nitrogen and oxygen atoms in total. The van der Waals surface area contributed by atoms with Gasteiger partial charge in [0.2, 0.25) is 5.91 Å². The zero-order chi connectivity index (χ0) is 15.9. The summed E-state index contributed by atoms with van der Waals surface area (Å²) in [4.78, 5) is 15.9. The molecule has 0 saturated carbocycles. The molecule has 0 aliphatic carbocycles. The van der Waals surface area contributed by atoms with Gasteiger partial charge in [-0.05, 0) is 43.3 Å². The molecule has 0 fully saturated rings. The van der Waals surface area contributed by atoms with Crippen LogP contribution in [0.15, 0.2) is 42.5 Å². The number of hydrogen-bond donors (Lipinski definition) is 0. The minimum Gasteiger partial charge on any atom is -0.492 e. The third-order valence-corrected chi connectivity index (χ3v) is 4.22. The van der Waals surface area contributed by atoms with Gasteiger partial charge < -0.3 is 9.64 Å². The van der Waals surface area contributed by atoms with Gasteiger partial charge in [0.15, 0.2) is 0 Å². The zero-order valence-corrected chi connectivity index (χ0v) is 14.2. The van der Waals surface area contributed by atoms with E-state index >= 15 is 0 Å². The Labute approximate surface area is 139 Å². The van der Waals surface area contributed by atoms with Gasteiger partial charge in [-0.2, -0.15) is 0 Å². The van der Waals surface area contributed by atoms with Gasteiger partial charge in [0.1, 0.15) is 12.4 Å². The highest BCUT2D eigenvalue weighted by Crippen LogP contribution is 2.17. The average Bonchev–Trinajstić information content (AvgIpc) is 2.90. The lowest BCUT2D eigenvalue weighted by molar-refractivity contribution is -0.125. The fourth-order valence-corrected chi connectivity index (χ4v) is 2.75. The van der Waals surface area contributed by atoms with Crippen LogP contribution in [0.2, 0.25) is 5.02 Å². The number of benzene rings is 1. The Morgan fingerprint density at radius 1 is 1.36 bits per heavy atom. The molecule has 0 aliphatic heterocycles. The third-order valence-electron chi connectivity index (χ3n) is 3.02. The summed E-state index contributed by atoms with van der Waals surface area (Å²) < 4.78 is 5.57. The van der Waals surface area contributed by atoms with Crippen molar-refractivity contribution in [2.45, 2.75) is 6.92 Å². The van der Waals surface area contributed by atoms with E-state index in [9.17, 15) is 4.79 Å². The predicted octanol–water partition coefficient (Wildman–Crippen LogP) is 4.26. The van der Waals surface area contributed by atoms with Gasteiger partial charge in [-0.15, -0.1) is 11.3 Å². The van der Waals surface area contributed by atoms with Crippen LogP contribution in [0, 0.1) is 6.92 Å². The number of amides is 1. The van der Waals surface area contributed by atoms with Gasteiger partial charge >= 0.3 is 0 Å². The van der Waals surface area contributed by atoms with Gasteiger partial charge in [0, 0.05) is 27.9 Å². The van der Waals surface area contributed by atoms with E-state index in [1.807, 2.05) is 37.3 Å². The van der Waals surface area contributed by atoms with Crippen LogP contribution in [0.3, 0.4) is 0 Å². The Morgan fingerprint density at radius 3 is 2.86 bits per heavy atom. The number of nitrogens with zero attached hydrogens (tertiary/aromatic N) is 1. The maximum Gasteiger partial charge on any atom is 0.246 e. The third kappa shape index (κ3) is 5.20. The average molecular weight is 336 g/mol. The minimum atomic E-state index is -0.0410. The smallest absolute Gasteiger partial charge is 0.246 e. The van der Waals surface area contributed by atoms with Crippen LogP contribution in [-0.4, -0.2) is 31.0 Å². The van der Waals surface area contributed by atoms with Crippen LogP contribution in [0.25, 0.3) is 6.08 Å². The molecule has 1 aromatic carbocycles. The van der Waals surface area contributed by atoms with Crippen LogP contribution in [-0.2, 0) is 4.79 Å². The zero-order valence-electron chi connectivity index (χ0n) is 12.6. The Morgan fingerprint density at radius 2 is 2.18 bits per heavy atom. The van der Waals surface area contributed by atoms with Crippen molar-refractivity contribution in [3.05, 3.63) is 57.3 Å². The van der Waals surface area contributed by atoms with E-state index < -0.39 is 0 Å². The van der Waals surface area contributed by atoms with Gasteiger partial charge in [-0.1, -0.05) is 17.7 Å². The van der Waals surface area contributed by atoms with Crippen molar-refractivity contribution in [1.29, 1.82) is 0 Å². The fourth-order valence-electron chi connectivity index (χ4n) is 1.79. The number of ether oxygens (including phenoxy) is 1. The SMILES string of the molecule is Cc1ccc(/C=C/C(=O)N(C)CCOc2cccc(Cl)c2)s1.